The van der Waals surface area contributed by atoms with Crippen LogP contribution < -0.4 is 5.32 Å². The molecule has 1 aliphatic rings. The molecular formula is C18H24N4OS. The molecule has 0 radical (unpaired) electrons. The molecule has 0 aliphatic carbocycles. The summed E-state index contributed by atoms with van der Waals surface area (Å²) in [6.07, 6.45) is 5.18. The minimum Gasteiger partial charge on any atom is -0.303 e. The second-order valence-corrected chi connectivity index (χ2v) is 7.47. The Balaban J connectivity index is 1.52. The Kier molecular flexibility index (Phi) is 5.58. The number of aryl methyl sites for hydroxylation is 1. The highest BCUT2D eigenvalue weighted by Crippen LogP contribution is 2.27. The Morgan fingerprint density at radius 1 is 1.29 bits per heavy atom. The van der Waals surface area contributed by atoms with Gasteiger partial charge in [0.05, 0.1) is 0 Å². The number of benzene rings is 1. The topological polar surface area (TPSA) is 58.1 Å². The third-order valence-electron chi connectivity index (χ3n) is 4.60. The molecule has 2 aromatic rings. The van der Waals surface area contributed by atoms with Crippen molar-refractivity contribution in [2.24, 2.45) is 0 Å². The molecule has 5 nitrogen and oxygen atoms in total. The summed E-state index contributed by atoms with van der Waals surface area (Å²) < 4.78 is 0. The number of nitrogens with one attached hydrogen (secondary N) is 1. The van der Waals surface area contributed by atoms with Gasteiger partial charge in [-0.1, -0.05) is 47.6 Å². The average molecular weight is 344 g/mol. The van der Waals surface area contributed by atoms with Crippen LogP contribution in [0.15, 0.2) is 24.3 Å². The van der Waals surface area contributed by atoms with Crippen molar-refractivity contribution >= 4 is 22.4 Å². The fourth-order valence-electron chi connectivity index (χ4n) is 3.07. The van der Waals surface area contributed by atoms with Crippen molar-refractivity contribution in [3.05, 3.63) is 29.8 Å². The molecule has 1 atom stereocenters. The summed E-state index contributed by atoms with van der Waals surface area (Å²) in [4.78, 5) is 14.5. The lowest BCUT2D eigenvalue weighted by atomic mass is 9.98. The zero-order valence-corrected chi connectivity index (χ0v) is 15.1. The fraction of sp³-hybridized carbons (Fsp3) is 0.500. The minimum atomic E-state index is 0.0283. The first-order chi connectivity index (χ1) is 11.6. The van der Waals surface area contributed by atoms with E-state index in [2.05, 4.69) is 46.5 Å². The van der Waals surface area contributed by atoms with Crippen LogP contribution in [0.3, 0.4) is 0 Å². The van der Waals surface area contributed by atoms with Crippen molar-refractivity contribution in [1.82, 2.24) is 15.1 Å². The van der Waals surface area contributed by atoms with Crippen LogP contribution >= 0.6 is 11.3 Å². The van der Waals surface area contributed by atoms with Crippen LogP contribution in [0.4, 0.5) is 5.13 Å². The van der Waals surface area contributed by atoms with Gasteiger partial charge in [-0.3, -0.25) is 4.79 Å². The third kappa shape index (κ3) is 4.39. The summed E-state index contributed by atoms with van der Waals surface area (Å²) in [7, 11) is 2.15. The number of anilines is 1. The number of carbonyl (C=O) groups is 1. The first-order valence-electron chi connectivity index (χ1n) is 8.52. The molecule has 1 N–H and O–H groups in total. The molecule has 1 aliphatic heterocycles. The number of aromatic nitrogens is 2. The van der Waals surface area contributed by atoms with Crippen molar-refractivity contribution in [1.29, 1.82) is 0 Å². The Labute approximate surface area is 147 Å². The van der Waals surface area contributed by atoms with E-state index in [4.69, 9.17) is 0 Å². The molecule has 0 saturated carbocycles. The van der Waals surface area contributed by atoms with Gasteiger partial charge >= 0.3 is 0 Å². The van der Waals surface area contributed by atoms with E-state index in [1.807, 2.05) is 12.1 Å². The fourth-order valence-corrected chi connectivity index (χ4v) is 3.84. The molecule has 128 valence electrons. The Hall–Kier alpha value is -1.79. The lowest BCUT2D eigenvalue weighted by molar-refractivity contribution is -0.116. The van der Waals surface area contributed by atoms with Gasteiger partial charge in [-0.2, -0.15) is 0 Å². The number of hydrogen-bond donors (Lipinski definition) is 1. The summed E-state index contributed by atoms with van der Waals surface area (Å²) in [6, 6.07) is 8.69. The van der Waals surface area contributed by atoms with Crippen LogP contribution in [0.25, 0.3) is 10.6 Å². The van der Waals surface area contributed by atoms with E-state index in [9.17, 15) is 4.79 Å². The normalized spacial score (nSPS) is 18.5. The zero-order chi connectivity index (χ0) is 16.9. The van der Waals surface area contributed by atoms with Crippen LogP contribution in [-0.2, 0) is 4.79 Å². The van der Waals surface area contributed by atoms with E-state index >= 15 is 0 Å². The Bertz CT molecular complexity index is 683. The highest BCUT2D eigenvalue weighted by Gasteiger charge is 2.20. The third-order valence-corrected chi connectivity index (χ3v) is 5.48. The van der Waals surface area contributed by atoms with Gasteiger partial charge in [0.2, 0.25) is 11.0 Å². The van der Waals surface area contributed by atoms with E-state index in [0.29, 0.717) is 17.6 Å². The largest absolute Gasteiger partial charge is 0.303 e. The molecule has 1 aromatic carbocycles. The van der Waals surface area contributed by atoms with Gasteiger partial charge in [-0.25, -0.2) is 0 Å². The Morgan fingerprint density at radius 3 is 2.83 bits per heavy atom. The molecule has 1 fully saturated rings. The number of likely N-dealkylation sites (tertiary alicyclic amines) is 1. The molecule has 24 heavy (non-hydrogen) atoms. The molecule has 1 aromatic heterocycles. The summed E-state index contributed by atoms with van der Waals surface area (Å²) in [5.74, 6) is 0.0283. The second-order valence-electron chi connectivity index (χ2n) is 6.50. The quantitative estimate of drug-likeness (QED) is 0.898. The van der Waals surface area contributed by atoms with E-state index in [1.54, 1.807) is 0 Å². The van der Waals surface area contributed by atoms with Crippen LogP contribution in [0, 0.1) is 6.92 Å². The molecule has 1 unspecified atom stereocenters. The highest BCUT2D eigenvalue weighted by atomic mass is 32.1. The van der Waals surface area contributed by atoms with Gasteiger partial charge in [0.15, 0.2) is 0 Å². The Morgan fingerprint density at radius 2 is 2.08 bits per heavy atom. The van der Waals surface area contributed by atoms with E-state index in [0.717, 1.165) is 23.5 Å². The molecular weight excluding hydrogens is 320 g/mol. The number of rotatable bonds is 5. The standard InChI is InChI=1S/C18H24N4OS/c1-13-6-8-14(9-7-13)17-20-21-18(24-17)19-16(23)11-10-15-5-3-4-12-22(15)2/h6-9,15H,3-5,10-12H2,1-2H3,(H,19,21,23). The number of piperidine rings is 1. The summed E-state index contributed by atoms with van der Waals surface area (Å²) in [5, 5.41) is 12.6. The maximum atomic E-state index is 12.2. The summed E-state index contributed by atoms with van der Waals surface area (Å²) in [5.41, 5.74) is 2.24. The lowest BCUT2D eigenvalue weighted by Gasteiger charge is -2.32. The van der Waals surface area contributed by atoms with Gasteiger partial charge < -0.3 is 10.2 Å². The van der Waals surface area contributed by atoms with Crippen molar-refractivity contribution < 1.29 is 4.79 Å². The van der Waals surface area contributed by atoms with Gasteiger partial charge in [0, 0.05) is 18.0 Å². The van der Waals surface area contributed by atoms with E-state index < -0.39 is 0 Å². The van der Waals surface area contributed by atoms with Gasteiger partial charge in [0.25, 0.3) is 0 Å². The van der Waals surface area contributed by atoms with Gasteiger partial charge in [0.1, 0.15) is 5.01 Å². The van der Waals surface area contributed by atoms with Gasteiger partial charge in [-0.05, 0) is 39.8 Å². The van der Waals surface area contributed by atoms with Gasteiger partial charge in [-0.15, -0.1) is 10.2 Å². The average Bonchev–Trinajstić information content (AvgIpc) is 3.03. The predicted molar refractivity (Wildman–Crippen MR) is 98.2 cm³/mol. The number of carbonyl (C=O) groups excluding carboxylic acids is 1. The van der Waals surface area contributed by atoms with Crippen molar-refractivity contribution in [3.8, 4) is 10.6 Å². The molecule has 2 heterocycles. The maximum absolute atomic E-state index is 12.2. The second kappa shape index (κ2) is 7.85. The van der Waals surface area contributed by atoms with Crippen molar-refractivity contribution in [2.45, 2.75) is 45.1 Å². The highest BCUT2D eigenvalue weighted by molar-refractivity contribution is 7.18. The first kappa shape index (κ1) is 17.0. The molecule has 0 spiro atoms. The minimum absolute atomic E-state index is 0.0283. The van der Waals surface area contributed by atoms with E-state index in [-0.39, 0.29) is 5.91 Å². The van der Waals surface area contributed by atoms with Crippen LogP contribution in [0.1, 0.15) is 37.7 Å². The molecule has 1 amide bonds. The number of amides is 1. The number of hydrogen-bond acceptors (Lipinski definition) is 5. The van der Waals surface area contributed by atoms with E-state index in [1.165, 1.54) is 36.2 Å². The number of nitrogens with zero attached hydrogens (tertiary/aromatic N) is 3. The first-order valence-corrected chi connectivity index (χ1v) is 9.34. The smallest absolute Gasteiger partial charge is 0.226 e. The maximum Gasteiger partial charge on any atom is 0.226 e. The van der Waals surface area contributed by atoms with Crippen LogP contribution in [0.2, 0.25) is 0 Å². The van der Waals surface area contributed by atoms with Crippen molar-refractivity contribution in [2.75, 3.05) is 18.9 Å². The predicted octanol–water partition coefficient (Wildman–Crippen LogP) is 3.72. The molecule has 3 rings (SSSR count). The SMILES string of the molecule is Cc1ccc(-c2nnc(NC(=O)CCC3CCCCN3C)s2)cc1. The lowest BCUT2D eigenvalue weighted by Crippen LogP contribution is -2.36. The van der Waals surface area contributed by atoms with Crippen LogP contribution in [-0.4, -0.2) is 40.6 Å². The van der Waals surface area contributed by atoms with Crippen molar-refractivity contribution in [3.63, 3.8) is 0 Å². The molecule has 6 heteroatoms. The summed E-state index contributed by atoms with van der Waals surface area (Å²) in [6.45, 7) is 3.20. The molecule has 1 saturated heterocycles. The molecule has 0 bridgehead atoms. The van der Waals surface area contributed by atoms with Crippen LogP contribution in [0.5, 0.6) is 0 Å². The zero-order valence-electron chi connectivity index (χ0n) is 14.3. The monoisotopic (exact) mass is 344 g/mol. The summed E-state index contributed by atoms with van der Waals surface area (Å²) >= 11 is 1.42.